The van der Waals surface area contributed by atoms with Gasteiger partial charge in [-0.05, 0) is 66.1 Å². The first kappa shape index (κ1) is 15.9. The van der Waals surface area contributed by atoms with Gasteiger partial charge in [0.1, 0.15) is 6.54 Å². The van der Waals surface area contributed by atoms with E-state index in [0.29, 0.717) is 6.61 Å². The van der Waals surface area contributed by atoms with Gasteiger partial charge >= 0.3 is 5.97 Å². The van der Waals surface area contributed by atoms with E-state index < -0.39 is 5.97 Å². The summed E-state index contributed by atoms with van der Waals surface area (Å²) >= 11 is 2.27. The summed E-state index contributed by atoms with van der Waals surface area (Å²) in [4.78, 5) is 22.9. The molecule has 0 spiro atoms. The number of nitrogens with one attached hydrogen (secondary N) is 1. The van der Waals surface area contributed by atoms with E-state index in [-0.39, 0.29) is 18.9 Å². The minimum absolute atomic E-state index is 0.0743. The molecule has 1 aromatic carbocycles. The summed E-state index contributed by atoms with van der Waals surface area (Å²) in [6.07, 6.45) is 0.281. The molecule has 0 heterocycles. The van der Waals surface area contributed by atoms with Crippen LogP contribution in [0, 0.1) is 17.4 Å². The van der Waals surface area contributed by atoms with Crippen molar-refractivity contribution in [3.05, 3.63) is 32.4 Å². The lowest BCUT2D eigenvalue weighted by Gasteiger charge is -2.09. The van der Waals surface area contributed by atoms with E-state index in [1.165, 1.54) is 3.57 Å². The second-order valence-corrected chi connectivity index (χ2v) is 5.45. The maximum absolute atomic E-state index is 11.7. The lowest BCUT2D eigenvalue weighted by molar-refractivity contribution is -0.143. The number of carbonyl (C=O) groups excluding carboxylic acids is 2. The summed E-state index contributed by atoms with van der Waals surface area (Å²) in [5, 5.41) is 2.56. The number of hydrogen-bond donors (Lipinski definition) is 1. The smallest absolute Gasteiger partial charge is 0.325 e. The van der Waals surface area contributed by atoms with Crippen molar-refractivity contribution in [1.82, 2.24) is 5.32 Å². The van der Waals surface area contributed by atoms with Gasteiger partial charge < -0.3 is 10.1 Å². The van der Waals surface area contributed by atoms with E-state index >= 15 is 0 Å². The Labute approximate surface area is 127 Å². The van der Waals surface area contributed by atoms with Crippen molar-refractivity contribution < 1.29 is 14.3 Å². The third-order valence-corrected chi connectivity index (χ3v) is 3.87. The van der Waals surface area contributed by atoms with Gasteiger partial charge in [0.05, 0.1) is 13.0 Å². The summed E-state index contributed by atoms with van der Waals surface area (Å²) < 4.78 is 5.93. The van der Waals surface area contributed by atoms with Crippen LogP contribution in [0.25, 0.3) is 0 Å². The molecule has 0 aromatic heterocycles. The Kier molecular flexibility index (Phi) is 6.27. The van der Waals surface area contributed by atoms with E-state index in [0.717, 1.165) is 16.7 Å². The van der Waals surface area contributed by atoms with Crippen LogP contribution < -0.4 is 5.32 Å². The predicted octanol–water partition coefficient (Wildman–Crippen LogP) is 2.13. The Balaban J connectivity index is 2.58. The van der Waals surface area contributed by atoms with E-state index in [2.05, 4.69) is 34.0 Å². The third-order valence-electron chi connectivity index (χ3n) is 2.70. The van der Waals surface area contributed by atoms with Crippen LogP contribution >= 0.6 is 22.6 Å². The molecule has 0 atom stereocenters. The van der Waals surface area contributed by atoms with E-state index in [9.17, 15) is 9.59 Å². The van der Waals surface area contributed by atoms with Gasteiger partial charge in [-0.25, -0.2) is 0 Å². The van der Waals surface area contributed by atoms with E-state index in [1.54, 1.807) is 6.92 Å². The number of benzene rings is 1. The number of carbonyl (C=O) groups is 2. The van der Waals surface area contributed by atoms with E-state index in [4.69, 9.17) is 4.74 Å². The molecule has 1 rings (SSSR count). The van der Waals surface area contributed by atoms with Crippen molar-refractivity contribution in [2.24, 2.45) is 0 Å². The molecule has 1 N–H and O–H groups in total. The molecule has 104 valence electrons. The predicted molar refractivity (Wildman–Crippen MR) is 82.0 cm³/mol. The number of ether oxygens (including phenoxy) is 1. The summed E-state index contributed by atoms with van der Waals surface area (Å²) in [7, 11) is 0. The molecule has 0 aliphatic carbocycles. The van der Waals surface area contributed by atoms with Crippen molar-refractivity contribution in [3.8, 4) is 0 Å². The fourth-order valence-electron chi connectivity index (χ4n) is 1.65. The maximum Gasteiger partial charge on any atom is 0.325 e. The molecule has 1 aromatic rings. The summed E-state index contributed by atoms with van der Waals surface area (Å²) in [5.74, 6) is -0.580. The van der Waals surface area contributed by atoms with Crippen LogP contribution in [0.15, 0.2) is 12.1 Å². The van der Waals surface area contributed by atoms with Crippen molar-refractivity contribution in [1.29, 1.82) is 0 Å². The molecule has 0 saturated carbocycles. The Morgan fingerprint density at radius 3 is 2.58 bits per heavy atom. The van der Waals surface area contributed by atoms with E-state index in [1.807, 2.05) is 19.9 Å². The van der Waals surface area contributed by atoms with Crippen molar-refractivity contribution >= 4 is 34.5 Å². The Morgan fingerprint density at radius 1 is 1.26 bits per heavy atom. The first-order valence-corrected chi connectivity index (χ1v) is 7.19. The van der Waals surface area contributed by atoms with Crippen LogP contribution in [0.3, 0.4) is 0 Å². The van der Waals surface area contributed by atoms with Crippen LogP contribution in [-0.4, -0.2) is 25.0 Å². The lowest BCUT2D eigenvalue weighted by atomic mass is 10.0. The Morgan fingerprint density at radius 2 is 1.95 bits per heavy atom. The van der Waals surface area contributed by atoms with Gasteiger partial charge in [0.2, 0.25) is 5.91 Å². The standard InChI is InChI=1S/C14H18INO3/c1-4-19-14(18)8-16-13(17)7-11-5-10(3)12(15)6-9(11)2/h5-6H,4,7-8H2,1-3H3,(H,16,17). The fraction of sp³-hybridized carbons (Fsp3) is 0.429. The van der Waals surface area contributed by atoms with Crippen molar-refractivity contribution in [2.75, 3.05) is 13.2 Å². The molecule has 0 saturated heterocycles. The average Bonchev–Trinajstić information content (AvgIpc) is 2.34. The summed E-state index contributed by atoms with van der Waals surface area (Å²) in [6, 6.07) is 4.07. The molecule has 1 amide bonds. The highest BCUT2D eigenvalue weighted by molar-refractivity contribution is 14.1. The molecular formula is C14H18INO3. The number of rotatable bonds is 5. The van der Waals surface area contributed by atoms with Crippen LogP contribution in [0.5, 0.6) is 0 Å². The zero-order chi connectivity index (χ0) is 14.4. The van der Waals surface area contributed by atoms with Gasteiger partial charge in [0, 0.05) is 3.57 Å². The molecule has 0 radical (unpaired) electrons. The second kappa shape index (κ2) is 7.47. The van der Waals surface area contributed by atoms with Crippen LogP contribution in [0.1, 0.15) is 23.6 Å². The SMILES string of the molecule is CCOC(=O)CNC(=O)Cc1cc(C)c(I)cc1C. The number of halogens is 1. The highest BCUT2D eigenvalue weighted by Gasteiger charge is 2.10. The first-order chi connectivity index (χ1) is 8.93. The molecule has 4 nitrogen and oxygen atoms in total. The number of amides is 1. The maximum atomic E-state index is 11.7. The van der Waals surface area contributed by atoms with Gasteiger partial charge in [0.25, 0.3) is 0 Å². The molecule has 0 fully saturated rings. The van der Waals surface area contributed by atoms with Crippen LogP contribution in [0.2, 0.25) is 0 Å². The number of aryl methyl sites for hydroxylation is 2. The van der Waals surface area contributed by atoms with Gasteiger partial charge in [-0.2, -0.15) is 0 Å². The zero-order valence-corrected chi connectivity index (χ0v) is 13.5. The minimum atomic E-state index is -0.411. The van der Waals surface area contributed by atoms with Gasteiger partial charge in [0.15, 0.2) is 0 Å². The normalized spacial score (nSPS) is 10.1. The molecule has 5 heteroatoms. The lowest BCUT2D eigenvalue weighted by Crippen LogP contribution is -2.31. The minimum Gasteiger partial charge on any atom is -0.465 e. The second-order valence-electron chi connectivity index (χ2n) is 4.29. The Bertz CT molecular complexity index is 486. The van der Waals surface area contributed by atoms with Crippen molar-refractivity contribution in [2.45, 2.75) is 27.2 Å². The van der Waals surface area contributed by atoms with Crippen LogP contribution in [0.4, 0.5) is 0 Å². The molecule has 19 heavy (non-hydrogen) atoms. The summed E-state index contributed by atoms with van der Waals surface area (Å²) in [5.41, 5.74) is 3.22. The molecule has 0 aliphatic heterocycles. The first-order valence-electron chi connectivity index (χ1n) is 6.12. The Hall–Kier alpha value is -1.11. The number of esters is 1. The highest BCUT2D eigenvalue weighted by atomic mass is 127. The third kappa shape index (κ3) is 5.18. The van der Waals surface area contributed by atoms with Gasteiger partial charge in [-0.1, -0.05) is 6.07 Å². The number of hydrogen-bond acceptors (Lipinski definition) is 3. The molecule has 0 bridgehead atoms. The van der Waals surface area contributed by atoms with Gasteiger partial charge in [-0.3, -0.25) is 9.59 Å². The topological polar surface area (TPSA) is 55.4 Å². The average molecular weight is 375 g/mol. The molecule has 0 aliphatic rings. The van der Waals surface area contributed by atoms with Crippen LogP contribution in [-0.2, 0) is 20.7 Å². The quantitative estimate of drug-likeness (QED) is 0.634. The molecule has 0 unspecified atom stereocenters. The largest absolute Gasteiger partial charge is 0.465 e. The highest BCUT2D eigenvalue weighted by Crippen LogP contribution is 2.18. The molecular weight excluding hydrogens is 357 g/mol. The van der Waals surface area contributed by atoms with Crippen molar-refractivity contribution in [3.63, 3.8) is 0 Å². The van der Waals surface area contributed by atoms with Gasteiger partial charge in [-0.15, -0.1) is 0 Å². The fourth-order valence-corrected chi connectivity index (χ4v) is 2.27. The summed E-state index contributed by atoms with van der Waals surface area (Å²) in [6.45, 7) is 5.98. The monoisotopic (exact) mass is 375 g/mol. The zero-order valence-electron chi connectivity index (χ0n) is 11.4.